The minimum Gasteiger partial charge on any atom is -0.350 e. The summed E-state index contributed by atoms with van der Waals surface area (Å²) < 4.78 is 0. The number of aromatic nitrogens is 3. The topological polar surface area (TPSA) is 67.8 Å². The van der Waals surface area contributed by atoms with Gasteiger partial charge in [-0.1, -0.05) is 11.8 Å². The zero-order chi connectivity index (χ0) is 13.7. The van der Waals surface area contributed by atoms with Gasteiger partial charge >= 0.3 is 0 Å². The summed E-state index contributed by atoms with van der Waals surface area (Å²) >= 11 is 2.94. The van der Waals surface area contributed by atoms with Crippen molar-refractivity contribution in [2.45, 2.75) is 25.5 Å². The summed E-state index contributed by atoms with van der Waals surface area (Å²) in [4.78, 5) is 25.2. The average Bonchev–Trinajstić information content (AvgIpc) is 2.73. The Morgan fingerprint density at radius 1 is 1.37 bits per heavy atom. The first-order valence-electron chi connectivity index (χ1n) is 5.74. The lowest BCUT2D eigenvalue weighted by Crippen LogP contribution is -2.24. The fourth-order valence-corrected chi connectivity index (χ4v) is 2.97. The van der Waals surface area contributed by atoms with Crippen LogP contribution in [0.2, 0.25) is 0 Å². The minimum absolute atomic E-state index is 0.0251. The Bertz CT molecular complexity index is 556. The largest absolute Gasteiger partial charge is 0.350 e. The van der Waals surface area contributed by atoms with E-state index in [0.717, 1.165) is 15.6 Å². The molecule has 0 saturated heterocycles. The van der Waals surface area contributed by atoms with Gasteiger partial charge in [-0.15, -0.1) is 11.3 Å². The lowest BCUT2D eigenvalue weighted by Gasteiger charge is -2.03. The number of amides is 1. The number of rotatable bonds is 5. The number of hydrogen-bond donors (Lipinski definition) is 1. The maximum absolute atomic E-state index is 11.7. The molecular formula is C12H14N4OS2. The highest BCUT2D eigenvalue weighted by molar-refractivity contribution is 7.99. The predicted octanol–water partition coefficient (Wildman–Crippen LogP) is 1.96. The molecule has 0 radical (unpaired) electrons. The Labute approximate surface area is 119 Å². The van der Waals surface area contributed by atoms with Gasteiger partial charge in [-0.3, -0.25) is 4.79 Å². The maximum Gasteiger partial charge on any atom is 0.230 e. The van der Waals surface area contributed by atoms with E-state index in [2.05, 4.69) is 20.3 Å². The summed E-state index contributed by atoms with van der Waals surface area (Å²) in [5.74, 6) is 0.295. The molecule has 0 aromatic carbocycles. The summed E-state index contributed by atoms with van der Waals surface area (Å²) in [6.45, 7) is 4.45. The number of carbonyl (C=O) groups is 1. The number of thiazole rings is 1. The van der Waals surface area contributed by atoms with Crippen LogP contribution < -0.4 is 5.32 Å². The maximum atomic E-state index is 11.7. The van der Waals surface area contributed by atoms with Crippen molar-refractivity contribution in [2.24, 2.45) is 0 Å². The van der Waals surface area contributed by atoms with Crippen molar-refractivity contribution in [1.29, 1.82) is 0 Å². The zero-order valence-electron chi connectivity index (χ0n) is 10.7. The summed E-state index contributed by atoms with van der Waals surface area (Å²) in [7, 11) is 0. The molecule has 0 saturated carbocycles. The number of aryl methyl sites for hydroxylation is 2. The second-order valence-electron chi connectivity index (χ2n) is 3.84. The van der Waals surface area contributed by atoms with Gasteiger partial charge in [0.05, 0.1) is 23.0 Å². The molecule has 2 heterocycles. The molecule has 7 heteroatoms. The first kappa shape index (κ1) is 14.0. The molecule has 2 aromatic heterocycles. The average molecular weight is 294 g/mol. The third-order valence-electron chi connectivity index (χ3n) is 2.32. The molecular weight excluding hydrogens is 280 g/mol. The molecule has 1 N–H and O–H groups in total. The molecule has 2 rings (SSSR count). The van der Waals surface area contributed by atoms with Gasteiger partial charge in [-0.2, -0.15) is 0 Å². The molecule has 5 nitrogen and oxygen atoms in total. The van der Waals surface area contributed by atoms with Crippen molar-refractivity contribution in [1.82, 2.24) is 20.3 Å². The Hall–Kier alpha value is -1.47. The molecule has 0 atom stereocenters. The number of hydrogen-bond acceptors (Lipinski definition) is 6. The van der Waals surface area contributed by atoms with Crippen molar-refractivity contribution in [3.63, 3.8) is 0 Å². The van der Waals surface area contributed by atoms with Crippen LogP contribution in [0.5, 0.6) is 0 Å². The van der Waals surface area contributed by atoms with Crippen LogP contribution in [-0.2, 0) is 11.3 Å². The summed E-state index contributed by atoms with van der Waals surface area (Å²) in [6.07, 6.45) is 3.33. The van der Waals surface area contributed by atoms with Crippen LogP contribution >= 0.6 is 23.1 Å². The fraction of sp³-hybridized carbons (Fsp3) is 0.333. The molecule has 0 aliphatic heterocycles. The molecule has 0 spiro atoms. The molecule has 100 valence electrons. The second-order valence-corrected chi connectivity index (χ2v) is 6.07. The Morgan fingerprint density at radius 2 is 2.11 bits per heavy atom. The van der Waals surface area contributed by atoms with E-state index >= 15 is 0 Å². The number of nitrogens with one attached hydrogen (secondary N) is 1. The van der Waals surface area contributed by atoms with Crippen LogP contribution in [0.4, 0.5) is 0 Å². The van der Waals surface area contributed by atoms with Gasteiger partial charge in [0.15, 0.2) is 5.16 Å². The van der Waals surface area contributed by atoms with E-state index in [1.165, 1.54) is 11.8 Å². The smallest absolute Gasteiger partial charge is 0.230 e. The third kappa shape index (κ3) is 4.29. The van der Waals surface area contributed by atoms with Crippen LogP contribution in [0.1, 0.15) is 15.6 Å². The fourth-order valence-electron chi connectivity index (χ4n) is 1.46. The standard InChI is InChI=1S/C12H14N4OS2/c1-8-10(19-9(2)16-8)6-15-11(17)7-18-12-13-4-3-5-14-12/h3-5H,6-7H2,1-2H3,(H,15,17). The molecule has 0 bridgehead atoms. The molecule has 0 fully saturated rings. The van der Waals surface area contributed by atoms with Crippen molar-refractivity contribution in [2.75, 3.05) is 5.75 Å². The summed E-state index contributed by atoms with van der Waals surface area (Å²) in [5.41, 5.74) is 0.988. The number of nitrogens with zero attached hydrogens (tertiary/aromatic N) is 3. The van der Waals surface area contributed by atoms with Crippen LogP contribution in [0.3, 0.4) is 0 Å². The molecule has 2 aromatic rings. The molecule has 0 unspecified atom stereocenters. The van der Waals surface area contributed by atoms with Gasteiger partial charge in [0.2, 0.25) is 5.91 Å². The lowest BCUT2D eigenvalue weighted by atomic mass is 10.4. The summed E-state index contributed by atoms with van der Waals surface area (Å²) in [5, 5.41) is 4.51. The highest BCUT2D eigenvalue weighted by atomic mass is 32.2. The Kier molecular flexibility index (Phi) is 4.86. The van der Waals surface area contributed by atoms with Crippen molar-refractivity contribution < 1.29 is 4.79 Å². The highest BCUT2D eigenvalue weighted by Crippen LogP contribution is 2.16. The third-order valence-corrected chi connectivity index (χ3v) is 4.27. The van der Waals surface area contributed by atoms with Gasteiger partial charge in [0.1, 0.15) is 0 Å². The molecule has 0 aliphatic carbocycles. The van der Waals surface area contributed by atoms with Crippen LogP contribution in [0, 0.1) is 13.8 Å². The van der Waals surface area contributed by atoms with Gasteiger partial charge in [-0.05, 0) is 19.9 Å². The molecule has 0 aliphatic rings. The predicted molar refractivity (Wildman–Crippen MR) is 76.2 cm³/mol. The zero-order valence-corrected chi connectivity index (χ0v) is 12.3. The van der Waals surface area contributed by atoms with E-state index in [9.17, 15) is 4.79 Å². The normalized spacial score (nSPS) is 10.4. The lowest BCUT2D eigenvalue weighted by molar-refractivity contribution is -0.118. The number of thioether (sulfide) groups is 1. The second kappa shape index (κ2) is 6.63. The Balaban J connectivity index is 1.77. The van der Waals surface area contributed by atoms with Gasteiger partial charge < -0.3 is 5.32 Å². The van der Waals surface area contributed by atoms with Crippen molar-refractivity contribution >= 4 is 29.0 Å². The van der Waals surface area contributed by atoms with E-state index < -0.39 is 0 Å². The summed E-state index contributed by atoms with van der Waals surface area (Å²) in [6, 6.07) is 1.75. The van der Waals surface area contributed by atoms with Gasteiger partial charge in [0.25, 0.3) is 0 Å². The van der Waals surface area contributed by atoms with E-state index in [-0.39, 0.29) is 5.91 Å². The van der Waals surface area contributed by atoms with Gasteiger partial charge in [-0.25, -0.2) is 15.0 Å². The van der Waals surface area contributed by atoms with Gasteiger partial charge in [0, 0.05) is 17.3 Å². The van der Waals surface area contributed by atoms with Crippen LogP contribution in [-0.4, -0.2) is 26.6 Å². The minimum atomic E-state index is -0.0251. The highest BCUT2D eigenvalue weighted by Gasteiger charge is 2.08. The van der Waals surface area contributed by atoms with Crippen molar-refractivity contribution in [3.8, 4) is 0 Å². The molecule has 1 amide bonds. The van der Waals surface area contributed by atoms with Crippen molar-refractivity contribution in [3.05, 3.63) is 34.0 Å². The van der Waals surface area contributed by atoms with E-state index in [1.807, 2.05) is 13.8 Å². The van der Waals surface area contributed by atoms with Crippen LogP contribution in [0.25, 0.3) is 0 Å². The molecule has 19 heavy (non-hydrogen) atoms. The first-order chi connectivity index (χ1) is 9.15. The number of carbonyl (C=O) groups excluding carboxylic acids is 1. The first-order valence-corrected chi connectivity index (χ1v) is 7.55. The van der Waals surface area contributed by atoms with E-state index in [4.69, 9.17) is 0 Å². The monoisotopic (exact) mass is 294 g/mol. The Morgan fingerprint density at radius 3 is 2.74 bits per heavy atom. The quantitative estimate of drug-likeness (QED) is 0.674. The van der Waals surface area contributed by atoms with E-state index in [0.29, 0.717) is 17.5 Å². The SMILES string of the molecule is Cc1nc(C)c(CNC(=O)CSc2ncccn2)s1. The van der Waals surface area contributed by atoms with Crippen LogP contribution in [0.15, 0.2) is 23.6 Å². The van der Waals surface area contributed by atoms with E-state index in [1.54, 1.807) is 29.8 Å².